The van der Waals surface area contributed by atoms with Crippen LogP contribution in [-0.4, -0.2) is 7.11 Å². The highest BCUT2D eigenvalue weighted by Gasteiger charge is 2.11. The number of anilines is 1. The maximum absolute atomic E-state index is 13.0. The van der Waals surface area contributed by atoms with Crippen LogP contribution in [0.5, 0.6) is 11.5 Å². The van der Waals surface area contributed by atoms with Crippen molar-refractivity contribution >= 4 is 28.9 Å². The Morgan fingerprint density at radius 3 is 2.44 bits per heavy atom. The van der Waals surface area contributed by atoms with Crippen molar-refractivity contribution in [3.8, 4) is 11.5 Å². The molecule has 3 nitrogen and oxygen atoms in total. The quantitative estimate of drug-likeness (QED) is 0.497. The highest BCUT2D eigenvalue weighted by atomic mass is 35.5. The highest BCUT2D eigenvalue weighted by Crippen LogP contribution is 2.34. The van der Waals surface area contributed by atoms with Crippen LogP contribution in [0, 0.1) is 5.82 Å². The molecule has 0 saturated carbocycles. The smallest absolute Gasteiger partial charge is 0.163 e. The average Bonchev–Trinajstić information content (AvgIpc) is 2.67. The fourth-order valence-electron chi connectivity index (χ4n) is 2.54. The first-order valence-corrected chi connectivity index (χ1v) is 9.04. The maximum Gasteiger partial charge on any atom is 0.163 e. The Morgan fingerprint density at radius 2 is 1.74 bits per heavy atom. The lowest BCUT2D eigenvalue weighted by Gasteiger charge is -2.15. The number of benzene rings is 3. The van der Waals surface area contributed by atoms with Crippen molar-refractivity contribution in [1.82, 2.24) is 0 Å². The van der Waals surface area contributed by atoms with Gasteiger partial charge < -0.3 is 14.8 Å². The van der Waals surface area contributed by atoms with Crippen LogP contribution in [-0.2, 0) is 13.2 Å². The van der Waals surface area contributed by atoms with Gasteiger partial charge in [0.15, 0.2) is 11.5 Å². The third kappa shape index (κ3) is 5.28. The molecule has 3 aromatic rings. The largest absolute Gasteiger partial charge is 0.493 e. The first kappa shape index (κ1) is 19.3. The van der Waals surface area contributed by atoms with Gasteiger partial charge in [0.1, 0.15) is 12.4 Å². The number of methoxy groups -OCH3 is 1. The molecule has 3 aromatic carbocycles. The van der Waals surface area contributed by atoms with E-state index in [9.17, 15) is 4.39 Å². The van der Waals surface area contributed by atoms with Crippen molar-refractivity contribution in [2.45, 2.75) is 13.2 Å². The Balaban J connectivity index is 1.71. The van der Waals surface area contributed by atoms with Gasteiger partial charge in [0.25, 0.3) is 0 Å². The molecule has 140 valence electrons. The molecular formula is C21H18Cl2FNO2. The molecule has 27 heavy (non-hydrogen) atoms. The van der Waals surface area contributed by atoms with Crippen molar-refractivity contribution in [3.63, 3.8) is 0 Å². The van der Waals surface area contributed by atoms with Gasteiger partial charge in [-0.05, 0) is 53.6 Å². The van der Waals surface area contributed by atoms with Crippen LogP contribution >= 0.6 is 23.2 Å². The number of nitrogens with one attached hydrogen (secondary N) is 1. The summed E-state index contributed by atoms with van der Waals surface area (Å²) < 4.78 is 24.3. The van der Waals surface area contributed by atoms with Crippen molar-refractivity contribution in [3.05, 3.63) is 87.7 Å². The highest BCUT2D eigenvalue weighted by molar-refractivity contribution is 6.31. The van der Waals surface area contributed by atoms with E-state index in [0.29, 0.717) is 34.7 Å². The summed E-state index contributed by atoms with van der Waals surface area (Å²) in [5, 5.41) is 4.41. The van der Waals surface area contributed by atoms with Crippen LogP contribution in [0.4, 0.5) is 10.1 Å². The molecule has 0 radical (unpaired) electrons. The molecular weight excluding hydrogens is 388 g/mol. The van der Waals surface area contributed by atoms with Gasteiger partial charge in [-0.25, -0.2) is 4.39 Å². The van der Waals surface area contributed by atoms with Crippen LogP contribution in [0.2, 0.25) is 10.0 Å². The molecule has 0 saturated heterocycles. The van der Waals surface area contributed by atoms with Gasteiger partial charge in [0, 0.05) is 28.3 Å². The molecule has 3 rings (SSSR count). The molecule has 0 aliphatic rings. The Bertz CT molecular complexity index is 917. The van der Waals surface area contributed by atoms with Gasteiger partial charge in [0.2, 0.25) is 0 Å². The molecule has 0 bridgehead atoms. The molecule has 6 heteroatoms. The Morgan fingerprint density at radius 1 is 0.963 bits per heavy atom. The summed E-state index contributed by atoms with van der Waals surface area (Å²) in [5.41, 5.74) is 2.59. The maximum atomic E-state index is 13.0. The minimum Gasteiger partial charge on any atom is -0.493 e. The third-order valence-electron chi connectivity index (χ3n) is 3.94. The van der Waals surface area contributed by atoms with Crippen molar-refractivity contribution in [1.29, 1.82) is 0 Å². The first-order chi connectivity index (χ1) is 13.0. The summed E-state index contributed by atoms with van der Waals surface area (Å²) in [7, 11) is 1.58. The van der Waals surface area contributed by atoms with E-state index in [0.717, 1.165) is 16.8 Å². The van der Waals surface area contributed by atoms with E-state index in [-0.39, 0.29) is 5.82 Å². The lowest BCUT2D eigenvalue weighted by molar-refractivity contribution is 0.284. The molecule has 0 amide bonds. The number of halogens is 3. The number of ether oxygens (including phenoxy) is 2. The van der Waals surface area contributed by atoms with E-state index >= 15 is 0 Å². The topological polar surface area (TPSA) is 30.5 Å². The van der Waals surface area contributed by atoms with Gasteiger partial charge in [-0.15, -0.1) is 0 Å². The van der Waals surface area contributed by atoms with E-state index in [4.69, 9.17) is 32.7 Å². The van der Waals surface area contributed by atoms with Crippen LogP contribution in [0.3, 0.4) is 0 Å². The van der Waals surface area contributed by atoms with E-state index < -0.39 is 0 Å². The molecule has 0 spiro atoms. The summed E-state index contributed by atoms with van der Waals surface area (Å²) in [5.74, 6) is 0.854. The van der Waals surface area contributed by atoms with Gasteiger partial charge in [-0.3, -0.25) is 0 Å². The van der Waals surface area contributed by atoms with Gasteiger partial charge >= 0.3 is 0 Å². The van der Waals surface area contributed by atoms with Crippen LogP contribution < -0.4 is 14.8 Å². The Hall–Kier alpha value is -2.43. The van der Waals surface area contributed by atoms with Crippen LogP contribution in [0.25, 0.3) is 0 Å². The van der Waals surface area contributed by atoms with E-state index in [1.807, 2.05) is 30.3 Å². The van der Waals surface area contributed by atoms with Crippen LogP contribution in [0.15, 0.2) is 60.7 Å². The minimum absolute atomic E-state index is 0.276. The standard InChI is InChI=1S/C21H18Cl2FNO2/c1-26-20-10-15(12-25-18-7-5-17(24)6-8-18)19(23)11-21(20)27-13-14-3-2-4-16(22)9-14/h2-11,25H,12-13H2,1H3. The summed E-state index contributed by atoms with van der Waals surface area (Å²) in [6.07, 6.45) is 0. The molecule has 0 fully saturated rings. The molecule has 0 atom stereocenters. The number of hydrogen-bond acceptors (Lipinski definition) is 3. The Labute approximate surface area is 167 Å². The zero-order chi connectivity index (χ0) is 19.2. The Kier molecular flexibility index (Phi) is 6.43. The van der Waals surface area contributed by atoms with Gasteiger partial charge in [-0.1, -0.05) is 35.3 Å². The molecule has 0 unspecified atom stereocenters. The lowest BCUT2D eigenvalue weighted by Crippen LogP contribution is -2.03. The first-order valence-electron chi connectivity index (χ1n) is 8.28. The molecule has 0 heterocycles. The summed E-state index contributed by atoms with van der Waals surface area (Å²) in [6, 6.07) is 17.2. The predicted octanol–water partition coefficient (Wildman–Crippen LogP) is 6.33. The number of rotatable bonds is 7. The van der Waals surface area contributed by atoms with E-state index in [1.165, 1.54) is 12.1 Å². The summed E-state index contributed by atoms with van der Waals surface area (Å²) in [4.78, 5) is 0. The second-order valence-electron chi connectivity index (χ2n) is 5.87. The fourth-order valence-corrected chi connectivity index (χ4v) is 2.97. The summed E-state index contributed by atoms with van der Waals surface area (Å²) in [6.45, 7) is 0.815. The molecule has 0 aliphatic carbocycles. The second kappa shape index (κ2) is 8.98. The fraction of sp³-hybridized carbons (Fsp3) is 0.143. The molecule has 0 aromatic heterocycles. The van der Waals surface area contributed by atoms with Gasteiger partial charge in [0.05, 0.1) is 7.11 Å². The SMILES string of the molecule is COc1cc(CNc2ccc(F)cc2)c(Cl)cc1OCc1cccc(Cl)c1. The van der Waals surface area contributed by atoms with Crippen LogP contribution in [0.1, 0.15) is 11.1 Å². The van der Waals surface area contributed by atoms with Gasteiger partial charge in [-0.2, -0.15) is 0 Å². The zero-order valence-corrected chi connectivity index (χ0v) is 16.1. The minimum atomic E-state index is -0.276. The predicted molar refractivity (Wildman–Crippen MR) is 108 cm³/mol. The second-order valence-corrected chi connectivity index (χ2v) is 6.72. The molecule has 1 N–H and O–H groups in total. The number of hydrogen-bond donors (Lipinski definition) is 1. The summed E-state index contributed by atoms with van der Waals surface area (Å²) >= 11 is 12.4. The van der Waals surface area contributed by atoms with E-state index in [1.54, 1.807) is 25.3 Å². The van der Waals surface area contributed by atoms with Crippen molar-refractivity contribution in [2.24, 2.45) is 0 Å². The van der Waals surface area contributed by atoms with E-state index in [2.05, 4.69) is 5.32 Å². The third-order valence-corrected chi connectivity index (χ3v) is 4.53. The lowest BCUT2D eigenvalue weighted by atomic mass is 10.2. The normalized spacial score (nSPS) is 10.5. The zero-order valence-electron chi connectivity index (χ0n) is 14.6. The average molecular weight is 406 g/mol. The monoisotopic (exact) mass is 405 g/mol. The molecule has 0 aliphatic heterocycles. The van der Waals surface area contributed by atoms with Crippen molar-refractivity contribution in [2.75, 3.05) is 12.4 Å². The van der Waals surface area contributed by atoms with Crippen molar-refractivity contribution < 1.29 is 13.9 Å².